The van der Waals surface area contributed by atoms with Gasteiger partial charge in [0.15, 0.2) is 0 Å². The van der Waals surface area contributed by atoms with Crippen molar-refractivity contribution in [1.29, 1.82) is 0 Å². The minimum Gasteiger partial charge on any atom is -0.480 e. The molecule has 2 N–H and O–H groups in total. The standard InChI is InChI=1S/C11H17NO5/c1-6-5-7(6)10(14)12-8(11(15)16)3-4-9(13)17-2/h6-8H,3-5H2,1-2H3,(H,12,14)(H,15,16). The van der Waals surface area contributed by atoms with E-state index in [0.717, 1.165) is 6.42 Å². The van der Waals surface area contributed by atoms with Gasteiger partial charge in [0.05, 0.1) is 7.11 Å². The number of hydrogen-bond donors (Lipinski definition) is 2. The first-order valence-electron chi connectivity index (χ1n) is 5.55. The second kappa shape index (κ2) is 5.65. The van der Waals surface area contributed by atoms with Crippen LogP contribution >= 0.6 is 0 Å². The first kappa shape index (κ1) is 13.5. The Kier molecular flexibility index (Phi) is 4.48. The molecule has 0 bridgehead atoms. The molecule has 3 unspecified atom stereocenters. The van der Waals surface area contributed by atoms with Crippen LogP contribution < -0.4 is 5.32 Å². The van der Waals surface area contributed by atoms with E-state index < -0.39 is 18.0 Å². The summed E-state index contributed by atoms with van der Waals surface area (Å²) in [7, 11) is 1.24. The molecule has 1 saturated carbocycles. The molecular weight excluding hydrogens is 226 g/mol. The van der Waals surface area contributed by atoms with Crippen LogP contribution in [-0.2, 0) is 19.1 Å². The van der Waals surface area contributed by atoms with E-state index in [9.17, 15) is 14.4 Å². The number of carboxylic acids is 1. The van der Waals surface area contributed by atoms with Gasteiger partial charge in [-0.1, -0.05) is 6.92 Å². The highest BCUT2D eigenvalue weighted by atomic mass is 16.5. The Hall–Kier alpha value is -1.59. The zero-order valence-corrected chi connectivity index (χ0v) is 9.93. The van der Waals surface area contributed by atoms with Crippen molar-refractivity contribution < 1.29 is 24.2 Å². The van der Waals surface area contributed by atoms with E-state index in [-0.39, 0.29) is 24.7 Å². The molecule has 0 spiro atoms. The molecule has 1 aliphatic carbocycles. The van der Waals surface area contributed by atoms with Crippen molar-refractivity contribution in [3.63, 3.8) is 0 Å². The Morgan fingerprint density at radius 1 is 1.47 bits per heavy atom. The third-order valence-corrected chi connectivity index (χ3v) is 2.93. The second-order valence-electron chi connectivity index (χ2n) is 4.33. The van der Waals surface area contributed by atoms with Crippen molar-refractivity contribution in [2.45, 2.75) is 32.2 Å². The van der Waals surface area contributed by atoms with Gasteiger partial charge < -0.3 is 15.2 Å². The molecule has 6 nitrogen and oxygen atoms in total. The Balaban J connectivity index is 2.40. The summed E-state index contributed by atoms with van der Waals surface area (Å²) in [6.07, 6.45) is 0.831. The molecule has 0 radical (unpaired) electrons. The van der Waals surface area contributed by atoms with Crippen LogP contribution in [0.15, 0.2) is 0 Å². The quantitative estimate of drug-likeness (QED) is 0.648. The summed E-state index contributed by atoms with van der Waals surface area (Å²) in [5.74, 6) is -1.60. The highest BCUT2D eigenvalue weighted by Crippen LogP contribution is 2.37. The minimum absolute atomic E-state index is 0.0199. The van der Waals surface area contributed by atoms with Gasteiger partial charge in [-0.25, -0.2) is 4.79 Å². The molecule has 0 aromatic carbocycles. The zero-order valence-electron chi connectivity index (χ0n) is 9.93. The fraction of sp³-hybridized carbons (Fsp3) is 0.727. The third kappa shape index (κ3) is 4.05. The summed E-state index contributed by atoms with van der Waals surface area (Å²) in [5.41, 5.74) is 0. The topological polar surface area (TPSA) is 92.7 Å². The number of aliphatic carboxylic acids is 1. The third-order valence-electron chi connectivity index (χ3n) is 2.93. The predicted octanol–water partition coefficient (Wildman–Crippen LogP) is 0.165. The Morgan fingerprint density at radius 3 is 2.47 bits per heavy atom. The van der Waals surface area contributed by atoms with Gasteiger partial charge >= 0.3 is 11.9 Å². The van der Waals surface area contributed by atoms with Gasteiger partial charge in [-0.2, -0.15) is 0 Å². The monoisotopic (exact) mass is 243 g/mol. The number of carbonyl (C=O) groups excluding carboxylic acids is 2. The summed E-state index contributed by atoms with van der Waals surface area (Å²) in [6, 6.07) is -1.02. The van der Waals surface area contributed by atoms with Crippen LogP contribution in [0.4, 0.5) is 0 Å². The summed E-state index contributed by atoms with van der Waals surface area (Å²) in [6.45, 7) is 1.94. The predicted molar refractivity (Wildman–Crippen MR) is 58.1 cm³/mol. The fourth-order valence-electron chi connectivity index (χ4n) is 1.59. The van der Waals surface area contributed by atoms with E-state index in [0.29, 0.717) is 5.92 Å². The van der Waals surface area contributed by atoms with Gasteiger partial charge in [0.25, 0.3) is 0 Å². The number of carboxylic acid groups (broad SMARTS) is 1. The van der Waals surface area contributed by atoms with E-state index in [1.165, 1.54) is 7.11 Å². The Labute approximate surface area is 99.3 Å². The van der Waals surface area contributed by atoms with Crippen molar-refractivity contribution in [3.8, 4) is 0 Å². The van der Waals surface area contributed by atoms with Gasteiger partial charge in [0.2, 0.25) is 5.91 Å². The lowest BCUT2D eigenvalue weighted by molar-refractivity contribution is -0.144. The maximum atomic E-state index is 11.6. The Morgan fingerprint density at radius 2 is 2.06 bits per heavy atom. The fourth-order valence-corrected chi connectivity index (χ4v) is 1.59. The second-order valence-corrected chi connectivity index (χ2v) is 4.33. The molecule has 0 aromatic heterocycles. The number of rotatable bonds is 6. The summed E-state index contributed by atoms with van der Waals surface area (Å²) in [4.78, 5) is 33.3. The number of ether oxygens (including phenoxy) is 1. The van der Waals surface area contributed by atoms with E-state index in [1.807, 2.05) is 6.92 Å². The number of nitrogens with one attached hydrogen (secondary N) is 1. The maximum absolute atomic E-state index is 11.6. The average Bonchev–Trinajstić information content (AvgIpc) is 3.00. The number of methoxy groups -OCH3 is 1. The van der Waals surface area contributed by atoms with Crippen molar-refractivity contribution in [2.75, 3.05) is 7.11 Å². The number of carbonyl (C=O) groups is 3. The summed E-state index contributed by atoms with van der Waals surface area (Å²) in [5, 5.41) is 11.4. The van der Waals surface area contributed by atoms with Crippen LogP contribution in [-0.4, -0.2) is 36.1 Å². The molecule has 1 rings (SSSR count). The first-order valence-corrected chi connectivity index (χ1v) is 5.55. The van der Waals surface area contributed by atoms with Gasteiger partial charge in [-0.3, -0.25) is 9.59 Å². The minimum atomic E-state index is -1.13. The lowest BCUT2D eigenvalue weighted by Crippen LogP contribution is -2.42. The first-order chi connectivity index (χ1) is 7.95. The molecule has 6 heteroatoms. The van der Waals surface area contributed by atoms with Gasteiger partial charge in [-0.15, -0.1) is 0 Å². The zero-order chi connectivity index (χ0) is 13.0. The molecule has 96 valence electrons. The van der Waals surface area contributed by atoms with Gasteiger partial charge in [-0.05, 0) is 18.8 Å². The highest BCUT2D eigenvalue weighted by Gasteiger charge is 2.40. The molecule has 0 aliphatic heterocycles. The van der Waals surface area contributed by atoms with Crippen LogP contribution in [0.2, 0.25) is 0 Å². The molecule has 0 aromatic rings. The number of hydrogen-bond acceptors (Lipinski definition) is 4. The van der Waals surface area contributed by atoms with Crippen molar-refractivity contribution in [2.24, 2.45) is 11.8 Å². The smallest absolute Gasteiger partial charge is 0.326 e. The van der Waals surface area contributed by atoms with Crippen molar-refractivity contribution in [1.82, 2.24) is 5.32 Å². The summed E-state index contributed by atoms with van der Waals surface area (Å²) >= 11 is 0. The largest absolute Gasteiger partial charge is 0.480 e. The highest BCUT2D eigenvalue weighted by molar-refractivity contribution is 5.86. The van der Waals surface area contributed by atoms with Crippen molar-refractivity contribution >= 4 is 17.8 Å². The van der Waals surface area contributed by atoms with E-state index >= 15 is 0 Å². The normalized spacial score (nSPS) is 23.6. The Bertz CT molecular complexity index is 328. The molecule has 1 amide bonds. The van der Waals surface area contributed by atoms with E-state index in [1.54, 1.807) is 0 Å². The van der Waals surface area contributed by atoms with Crippen LogP contribution in [0, 0.1) is 11.8 Å². The average molecular weight is 243 g/mol. The number of amides is 1. The molecular formula is C11H17NO5. The summed E-state index contributed by atoms with van der Waals surface area (Å²) < 4.78 is 4.42. The number of esters is 1. The lowest BCUT2D eigenvalue weighted by Gasteiger charge is -2.13. The van der Waals surface area contributed by atoms with E-state index in [4.69, 9.17) is 5.11 Å². The van der Waals surface area contributed by atoms with Gasteiger partial charge in [0.1, 0.15) is 6.04 Å². The van der Waals surface area contributed by atoms with Crippen LogP contribution in [0.25, 0.3) is 0 Å². The van der Waals surface area contributed by atoms with Crippen LogP contribution in [0.3, 0.4) is 0 Å². The van der Waals surface area contributed by atoms with Crippen LogP contribution in [0.1, 0.15) is 26.2 Å². The molecule has 1 fully saturated rings. The maximum Gasteiger partial charge on any atom is 0.326 e. The molecule has 0 heterocycles. The SMILES string of the molecule is COC(=O)CCC(NC(=O)C1CC1C)C(=O)O. The molecule has 1 aliphatic rings. The van der Waals surface area contributed by atoms with Crippen LogP contribution in [0.5, 0.6) is 0 Å². The molecule has 3 atom stereocenters. The van der Waals surface area contributed by atoms with Gasteiger partial charge in [0, 0.05) is 12.3 Å². The molecule has 17 heavy (non-hydrogen) atoms. The lowest BCUT2D eigenvalue weighted by atomic mass is 10.1. The molecule has 0 saturated heterocycles. The van der Waals surface area contributed by atoms with E-state index in [2.05, 4.69) is 10.1 Å². The van der Waals surface area contributed by atoms with Crippen molar-refractivity contribution in [3.05, 3.63) is 0 Å².